The molecule has 1 aromatic heterocycles. The molecule has 0 unspecified atom stereocenters. The van der Waals surface area contributed by atoms with E-state index in [0.717, 1.165) is 11.1 Å². The fourth-order valence-corrected chi connectivity index (χ4v) is 1.69. The summed E-state index contributed by atoms with van der Waals surface area (Å²) in [6.45, 7) is 3.72. The molecule has 98 valence electrons. The summed E-state index contributed by atoms with van der Waals surface area (Å²) in [4.78, 5) is 18.4. The van der Waals surface area contributed by atoms with Crippen LogP contribution in [0.1, 0.15) is 21.6 Å². The molecule has 0 aliphatic rings. The maximum absolute atomic E-state index is 10.8. The summed E-state index contributed by atoms with van der Waals surface area (Å²) in [5.74, 6) is -0.613. The lowest BCUT2D eigenvalue weighted by molar-refractivity contribution is 0.0689. The third-order valence-electron chi connectivity index (χ3n) is 2.47. The van der Waals surface area contributed by atoms with Crippen LogP contribution in [0.5, 0.6) is 11.8 Å². The largest absolute Gasteiger partial charge is 0.477 e. The molecule has 0 saturated heterocycles. The predicted octanol–water partition coefficient (Wildman–Crippen LogP) is 3.24. The Morgan fingerprint density at radius 3 is 2.53 bits per heavy atom. The smallest absolute Gasteiger partial charge is 0.354 e. The van der Waals surface area contributed by atoms with Crippen molar-refractivity contribution in [3.8, 4) is 11.8 Å². The SMILES string of the molecule is Cc1cc(Oc2nccc(C(=O)O)n2)cc(C)c1Cl. The molecule has 1 aromatic carbocycles. The maximum Gasteiger partial charge on any atom is 0.354 e. The third kappa shape index (κ3) is 3.00. The van der Waals surface area contributed by atoms with E-state index in [1.54, 1.807) is 12.1 Å². The molecule has 2 rings (SSSR count). The van der Waals surface area contributed by atoms with Gasteiger partial charge >= 0.3 is 12.0 Å². The van der Waals surface area contributed by atoms with E-state index in [9.17, 15) is 4.79 Å². The van der Waals surface area contributed by atoms with Crippen LogP contribution in [0.4, 0.5) is 0 Å². The van der Waals surface area contributed by atoms with Gasteiger partial charge in [-0.1, -0.05) is 11.6 Å². The summed E-state index contributed by atoms with van der Waals surface area (Å²) < 4.78 is 5.44. The molecule has 0 atom stereocenters. The summed E-state index contributed by atoms with van der Waals surface area (Å²) in [7, 11) is 0. The lowest BCUT2D eigenvalue weighted by atomic mass is 10.1. The summed E-state index contributed by atoms with van der Waals surface area (Å²) >= 11 is 6.05. The van der Waals surface area contributed by atoms with E-state index in [4.69, 9.17) is 21.4 Å². The number of carboxylic acids is 1. The van der Waals surface area contributed by atoms with E-state index in [1.165, 1.54) is 12.3 Å². The van der Waals surface area contributed by atoms with Crippen LogP contribution < -0.4 is 4.74 Å². The molecule has 19 heavy (non-hydrogen) atoms. The molecular formula is C13H11ClN2O3. The highest BCUT2D eigenvalue weighted by atomic mass is 35.5. The quantitative estimate of drug-likeness (QED) is 0.933. The molecule has 0 aliphatic carbocycles. The highest BCUT2D eigenvalue weighted by molar-refractivity contribution is 6.32. The zero-order valence-corrected chi connectivity index (χ0v) is 11.1. The average Bonchev–Trinajstić information content (AvgIpc) is 2.36. The number of benzene rings is 1. The molecule has 1 heterocycles. The van der Waals surface area contributed by atoms with Crippen LogP contribution >= 0.6 is 11.6 Å². The van der Waals surface area contributed by atoms with Crippen LogP contribution in [0.25, 0.3) is 0 Å². The van der Waals surface area contributed by atoms with E-state index >= 15 is 0 Å². The second-order valence-corrected chi connectivity index (χ2v) is 4.38. The van der Waals surface area contributed by atoms with E-state index in [1.807, 2.05) is 13.8 Å². The van der Waals surface area contributed by atoms with E-state index in [2.05, 4.69) is 9.97 Å². The number of rotatable bonds is 3. The molecule has 0 radical (unpaired) electrons. The van der Waals surface area contributed by atoms with Crippen molar-refractivity contribution in [1.82, 2.24) is 9.97 Å². The highest BCUT2D eigenvalue weighted by Crippen LogP contribution is 2.27. The van der Waals surface area contributed by atoms with Crippen molar-refractivity contribution in [2.75, 3.05) is 0 Å². The van der Waals surface area contributed by atoms with Crippen LogP contribution in [0, 0.1) is 13.8 Å². The summed E-state index contributed by atoms with van der Waals surface area (Å²) in [6, 6.07) is 4.77. The average molecular weight is 279 g/mol. The lowest BCUT2D eigenvalue weighted by Crippen LogP contribution is -2.02. The van der Waals surface area contributed by atoms with E-state index in [-0.39, 0.29) is 11.7 Å². The first kappa shape index (κ1) is 13.3. The monoisotopic (exact) mass is 278 g/mol. The number of carboxylic acid groups (broad SMARTS) is 1. The van der Waals surface area contributed by atoms with Crippen molar-refractivity contribution in [2.24, 2.45) is 0 Å². The van der Waals surface area contributed by atoms with Crippen molar-refractivity contribution < 1.29 is 14.6 Å². The van der Waals surface area contributed by atoms with Gasteiger partial charge in [-0.05, 0) is 43.2 Å². The number of nitrogens with zero attached hydrogens (tertiary/aromatic N) is 2. The molecule has 0 saturated carbocycles. The molecular weight excluding hydrogens is 268 g/mol. The first-order valence-electron chi connectivity index (χ1n) is 5.48. The molecule has 0 spiro atoms. The molecule has 1 N–H and O–H groups in total. The van der Waals surface area contributed by atoms with Gasteiger partial charge in [0.2, 0.25) is 0 Å². The maximum atomic E-state index is 10.8. The number of ether oxygens (including phenoxy) is 1. The number of carbonyl (C=O) groups is 1. The third-order valence-corrected chi connectivity index (χ3v) is 3.07. The summed E-state index contributed by atoms with van der Waals surface area (Å²) in [5, 5.41) is 9.51. The number of aromatic nitrogens is 2. The number of hydrogen-bond acceptors (Lipinski definition) is 4. The molecule has 0 bridgehead atoms. The van der Waals surface area contributed by atoms with Gasteiger partial charge < -0.3 is 9.84 Å². The minimum atomic E-state index is -1.13. The van der Waals surface area contributed by atoms with Crippen molar-refractivity contribution >= 4 is 17.6 Å². The predicted molar refractivity (Wildman–Crippen MR) is 70.0 cm³/mol. The number of halogens is 1. The summed E-state index contributed by atoms with van der Waals surface area (Å²) in [5.41, 5.74) is 1.62. The number of hydrogen-bond donors (Lipinski definition) is 1. The fourth-order valence-electron chi connectivity index (χ4n) is 1.58. The van der Waals surface area contributed by atoms with Gasteiger partial charge in [0.15, 0.2) is 5.69 Å². The van der Waals surface area contributed by atoms with Gasteiger partial charge in [-0.15, -0.1) is 0 Å². The van der Waals surface area contributed by atoms with Gasteiger partial charge in [0.05, 0.1) is 0 Å². The second kappa shape index (κ2) is 5.24. The zero-order chi connectivity index (χ0) is 14.0. The standard InChI is InChI=1S/C13H11ClN2O3/c1-7-5-9(6-8(2)11(7)14)19-13-15-4-3-10(16-13)12(17)18/h3-6H,1-2H3,(H,17,18). The van der Waals surface area contributed by atoms with Crippen LogP contribution in [0.2, 0.25) is 5.02 Å². The van der Waals surface area contributed by atoms with Gasteiger partial charge in [0.25, 0.3) is 0 Å². The van der Waals surface area contributed by atoms with Gasteiger partial charge in [-0.25, -0.2) is 9.78 Å². The Labute approximate surface area is 114 Å². The van der Waals surface area contributed by atoms with Gasteiger partial charge in [-0.2, -0.15) is 4.98 Å². The molecule has 0 amide bonds. The van der Waals surface area contributed by atoms with E-state index < -0.39 is 5.97 Å². The van der Waals surface area contributed by atoms with Crippen molar-refractivity contribution in [2.45, 2.75) is 13.8 Å². The normalized spacial score (nSPS) is 10.3. The Morgan fingerprint density at radius 1 is 1.32 bits per heavy atom. The Hall–Kier alpha value is -2.14. The highest BCUT2D eigenvalue weighted by Gasteiger charge is 2.09. The first-order chi connectivity index (χ1) is 8.97. The van der Waals surface area contributed by atoms with Gasteiger partial charge in [-0.3, -0.25) is 0 Å². The Morgan fingerprint density at radius 2 is 1.95 bits per heavy atom. The van der Waals surface area contributed by atoms with Crippen molar-refractivity contribution in [3.63, 3.8) is 0 Å². The number of aryl methyl sites for hydroxylation is 2. The Balaban J connectivity index is 2.31. The minimum Gasteiger partial charge on any atom is -0.477 e. The first-order valence-corrected chi connectivity index (χ1v) is 5.86. The lowest BCUT2D eigenvalue weighted by Gasteiger charge is -2.08. The van der Waals surface area contributed by atoms with E-state index in [0.29, 0.717) is 10.8 Å². The fraction of sp³-hybridized carbons (Fsp3) is 0.154. The summed E-state index contributed by atoms with van der Waals surface area (Å²) in [6.07, 6.45) is 1.33. The molecule has 2 aromatic rings. The molecule has 0 fully saturated rings. The molecule has 6 heteroatoms. The van der Waals surface area contributed by atoms with Gasteiger partial charge in [0, 0.05) is 11.2 Å². The van der Waals surface area contributed by atoms with Crippen LogP contribution in [-0.4, -0.2) is 21.0 Å². The van der Waals surface area contributed by atoms with Crippen LogP contribution in [0.15, 0.2) is 24.4 Å². The Bertz CT molecular complexity index is 621. The Kier molecular flexibility index (Phi) is 3.66. The zero-order valence-electron chi connectivity index (χ0n) is 10.3. The van der Waals surface area contributed by atoms with Crippen molar-refractivity contribution in [1.29, 1.82) is 0 Å². The van der Waals surface area contributed by atoms with Crippen LogP contribution in [-0.2, 0) is 0 Å². The molecule has 0 aliphatic heterocycles. The van der Waals surface area contributed by atoms with Gasteiger partial charge in [0.1, 0.15) is 5.75 Å². The van der Waals surface area contributed by atoms with Crippen LogP contribution in [0.3, 0.4) is 0 Å². The second-order valence-electron chi connectivity index (χ2n) is 4.00. The number of aromatic carboxylic acids is 1. The topological polar surface area (TPSA) is 72.3 Å². The minimum absolute atomic E-state index is 0.0129. The van der Waals surface area contributed by atoms with Crippen molar-refractivity contribution in [3.05, 3.63) is 46.2 Å². The molecule has 5 nitrogen and oxygen atoms in total.